The highest BCUT2D eigenvalue weighted by Crippen LogP contribution is 2.22. The van der Waals surface area contributed by atoms with Crippen molar-refractivity contribution >= 4 is 46.4 Å². The lowest BCUT2D eigenvalue weighted by Gasteiger charge is -2.12. The van der Waals surface area contributed by atoms with E-state index in [1.165, 1.54) is 47.2 Å². The highest BCUT2D eigenvalue weighted by atomic mass is 32.1. The molecule has 10 heteroatoms. The van der Waals surface area contributed by atoms with Crippen molar-refractivity contribution in [2.24, 2.45) is 0 Å². The van der Waals surface area contributed by atoms with Crippen molar-refractivity contribution < 1.29 is 20.9 Å². The summed E-state index contributed by atoms with van der Waals surface area (Å²) in [6, 6.07) is 12.4. The Hall–Kier alpha value is -2.88. The lowest BCUT2D eigenvalue weighted by atomic mass is 10.1. The van der Waals surface area contributed by atoms with Gasteiger partial charge < -0.3 is 15.4 Å². The van der Waals surface area contributed by atoms with Crippen LogP contribution in [0, 0.1) is 26.5 Å². The molecule has 1 heterocycles. The fraction of sp³-hybridized carbons (Fsp3) is 0. The van der Waals surface area contributed by atoms with E-state index in [0.717, 1.165) is 0 Å². The molecule has 2 atom stereocenters. The molecule has 2 aromatic carbocycles. The van der Waals surface area contributed by atoms with E-state index in [0.29, 0.717) is 21.4 Å². The number of benzene rings is 2. The first kappa shape index (κ1) is 17.9. The molecular formula is C16H13N5O4S. The minimum Gasteiger partial charge on any atom is -0.595 e. The Morgan fingerprint density at radius 2 is 1.73 bits per heavy atom. The quantitative estimate of drug-likeness (QED) is 0.264. The number of fused-ring (bicyclic) bond motifs is 1. The van der Waals surface area contributed by atoms with Crippen LogP contribution in [0.25, 0.3) is 22.8 Å². The first-order valence-corrected chi connectivity index (χ1v) is 7.74. The van der Waals surface area contributed by atoms with Crippen LogP contribution in [0.2, 0.25) is 0 Å². The van der Waals surface area contributed by atoms with Gasteiger partial charge in [0, 0.05) is 30.5 Å². The molecule has 0 radical (unpaired) electrons. The highest BCUT2D eigenvalue weighted by molar-refractivity contribution is 7.71. The molecule has 132 valence electrons. The highest BCUT2D eigenvalue weighted by Gasteiger charge is 2.10. The first-order chi connectivity index (χ1) is 12.4. The van der Waals surface area contributed by atoms with Crippen LogP contribution in [0.4, 0.5) is 11.4 Å². The zero-order valence-corrected chi connectivity index (χ0v) is 13.9. The maximum Gasteiger partial charge on any atom is 0.182 e. The van der Waals surface area contributed by atoms with E-state index >= 15 is 0 Å². The third-order valence-corrected chi connectivity index (χ3v) is 4.08. The van der Waals surface area contributed by atoms with Crippen LogP contribution >= 0.6 is 12.2 Å². The van der Waals surface area contributed by atoms with Crippen molar-refractivity contribution in [1.82, 2.24) is 9.55 Å². The monoisotopic (exact) mass is 371 g/mol. The zero-order valence-electron chi connectivity index (χ0n) is 13.1. The number of aromatic amines is 1. The van der Waals surface area contributed by atoms with E-state index in [1.807, 2.05) is 0 Å². The Morgan fingerprint density at radius 1 is 1.12 bits per heavy atom. The van der Waals surface area contributed by atoms with Gasteiger partial charge in [-0.05, 0) is 36.0 Å². The predicted octanol–water partition coefficient (Wildman–Crippen LogP) is 1.03. The average molecular weight is 371 g/mol. The predicted molar refractivity (Wildman–Crippen MR) is 94.9 cm³/mol. The van der Waals surface area contributed by atoms with Gasteiger partial charge in [-0.2, -0.15) is 15.7 Å². The maximum atomic E-state index is 11.2. The molecule has 26 heavy (non-hydrogen) atoms. The molecule has 0 bridgehead atoms. The van der Waals surface area contributed by atoms with Crippen molar-refractivity contribution in [1.29, 1.82) is 5.26 Å². The van der Waals surface area contributed by atoms with E-state index in [2.05, 4.69) is 11.1 Å². The Labute approximate surface area is 151 Å². The van der Waals surface area contributed by atoms with Gasteiger partial charge in [0.05, 0.1) is 16.6 Å². The second kappa shape index (κ2) is 7.16. The van der Waals surface area contributed by atoms with Crippen molar-refractivity contribution in [3.63, 3.8) is 0 Å². The van der Waals surface area contributed by atoms with Gasteiger partial charge in [0.25, 0.3) is 0 Å². The summed E-state index contributed by atoms with van der Waals surface area (Å²) in [5.74, 6) is 0. The normalized spacial score (nSPS) is 14.2. The van der Waals surface area contributed by atoms with Gasteiger partial charge in [0.15, 0.2) is 16.1 Å². The Kier molecular flexibility index (Phi) is 4.94. The van der Waals surface area contributed by atoms with Gasteiger partial charge in [0.2, 0.25) is 0 Å². The minimum absolute atomic E-state index is 0.0953. The molecule has 0 aliphatic carbocycles. The number of hydrogen-bond donors (Lipinski definition) is 5. The fourth-order valence-corrected chi connectivity index (χ4v) is 2.73. The number of aromatic nitrogens is 2. The largest absolute Gasteiger partial charge is 0.595 e. The molecule has 0 fully saturated rings. The Morgan fingerprint density at radius 3 is 2.31 bits per heavy atom. The number of hydrogen-bond acceptors (Lipinski definition) is 6. The van der Waals surface area contributed by atoms with Crippen molar-refractivity contribution in [3.8, 4) is 6.07 Å². The van der Waals surface area contributed by atoms with Gasteiger partial charge in [-0.3, -0.25) is 4.57 Å². The molecule has 0 aliphatic rings. The van der Waals surface area contributed by atoms with Crippen LogP contribution in [0.1, 0.15) is 5.56 Å². The summed E-state index contributed by atoms with van der Waals surface area (Å²) in [7, 11) is 0. The summed E-state index contributed by atoms with van der Waals surface area (Å²) >= 11 is 5.26. The SMILES string of the molecule is N#C/C(=C\n1c(=S)[nH]c2ccc([NH+]([O-])O)cc21)c1ccc([NH+]([O-])O)cc1. The minimum atomic E-state index is -1.07. The van der Waals surface area contributed by atoms with E-state index in [-0.39, 0.29) is 16.9 Å². The van der Waals surface area contributed by atoms with Crippen LogP contribution in [-0.2, 0) is 0 Å². The topological polar surface area (TPSA) is 140 Å². The number of rotatable bonds is 4. The van der Waals surface area contributed by atoms with Crippen molar-refractivity contribution in [2.45, 2.75) is 0 Å². The van der Waals surface area contributed by atoms with Gasteiger partial charge in [0.1, 0.15) is 6.07 Å². The maximum absolute atomic E-state index is 11.2. The number of nitrogens with one attached hydrogen (secondary N) is 3. The van der Waals surface area contributed by atoms with Crippen LogP contribution in [0.15, 0.2) is 42.5 Å². The smallest absolute Gasteiger partial charge is 0.182 e. The van der Waals surface area contributed by atoms with Gasteiger partial charge >= 0.3 is 0 Å². The van der Waals surface area contributed by atoms with Gasteiger partial charge in [-0.1, -0.05) is 0 Å². The number of nitrogens with zero attached hydrogens (tertiary/aromatic N) is 2. The van der Waals surface area contributed by atoms with Crippen LogP contribution in [-0.4, -0.2) is 20.0 Å². The summed E-state index contributed by atoms with van der Waals surface area (Å²) in [5, 5.41) is 47.6. The third-order valence-electron chi connectivity index (χ3n) is 3.79. The number of quaternary nitrogens is 2. The van der Waals surface area contributed by atoms with Gasteiger partial charge in [-0.25, -0.2) is 10.4 Å². The Balaban J connectivity index is 2.12. The standard InChI is InChI=1S/C16H13N5O4S/c17-8-11(10-1-3-12(4-2-10)20(22)23)9-19-15-7-13(21(24)25)5-6-14(15)18-16(19)26/h1-7,9,20-22,24H,(H,18,26)/b11-9+. The molecular weight excluding hydrogens is 358 g/mol. The average Bonchev–Trinajstić information content (AvgIpc) is 2.94. The fourth-order valence-electron chi connectivity index (χ4n) is 2.47. The first-order valence-electron chi connectivity index (χ1n) is 7.34. The van der Waals surface area contributed by atoms with Gasteiger partial charge in [-0.15, -0.1) is 0 Å². The summed E-state index contributed by atoms with van der Waals surface area (Å²) in [4.78, 5) is 2.95. The van der Waals surface area contributed by atoms with Crippen LogP contribution < -0.4 is 10.5 Å². The third kappa shape index (κ3) is 3.40. The molecule has 0 spiro atoms. The van der Waals surface area contributed by atoms with Crippen molar-refractivity contribution in [3.05, 3.63) is 63.2 Å². The van der Waals surface area contributed by atoms with E-state index < -0.39 is 10.5 Å². The molecule has 9 nitrogen and oxygen atoms in total. The van der Waals surface area contributed by atoms with E-state index in [1.54, 1.807) is 6.07 Å². The van der Waals surface area contributed by atoms with E-state index in [4.69, 9.17) is 22.6 Å². The summed E-state index contributed by atoms with van der Waals surface area (Å²) in [6.45, 7) is 0. The molecule has 0 amide bonds. The lowest BCUT2D eigenvalue weighted by Crippen LogP contribution is -2.99. The second-order valence-electron chi connectivity index (χ2n) is 5.37. The summed E-state index contributed by atoms with van der Waals surface area (Å²) in [6.07, 6.45) is 1.49. The summed E-state index contributed by atoms with van der Waals surface area (Å²) in [5.41, 5.74) is 2.13. The van der Waals surface area contributed by atoms with Crippen LogP contribution in [0.3, 0.4) is 0 Å². The molecule has 3 rings (SSSR count). The zero-order chi connectivity index (χ0) is 18.8. The molecule has 0 aliphatic heterocycles. The van der Waals surface area contributed by atoms with Crippen molar-refractivity contribution in [2.75, 3.05) is 0 Å². The Bertz CT molecular complexity index is 1080. The number of H-pyrrole nitrogens is 1. The van der Waals surface area contributed by atoms with Crippen LogP contribution in [0.5, 0.6) is 0 Å². The lowest BCUT2D eigenvalue weighted by molar-refractivity contribution is -0.991. The number of nitriles is 1. The molecule has 2 unspecified atom stereocenters. The molecule has 0 saturated heterocycles. The molecule has 3 aromatic rings. The molecule has 0 saturated carbocycles. The molecule has 1 aromatic heterocycles. The molecule has 5 N–H and O–H groups in total. The summed E-state index contributed by atoms with van der Waals surface area (Å²) < 4.78 is 1.82. The number of imidazole rings is 1. The van der Waals surface area contributed by atoms with E-state index in [9.17, 15) is 15.7 Å². The second-order valence-corrected chi connectivity index (χ2v) is 5.76. The number of allylic oxidation sites excluding steroid dienone is 1.